The summed E-state index contributed by atoms with van der Waals surface area (Å²) in [6, 6.07) is 3.81. The molecule has 0 aromatic carbocycles. The Hall–Kier alpha value is -2.41. The summed E-state index contributed by atoms with van der Waals surface area (Å²) in [6.07, 6.45) is 7.42. The van der Waals surface area contributed by atoms with Crippen LogP contribution < -0.4 is 15.4 Å². The van der Waals surface area contributed by atoms with Crippen LogP contribution in [-0.2, 0) is 19.5 Å². The first-order valence-electron chi connectivity index (χ1n) is 8.97. The molecule has 2 aliphatic rings. The lowest BCUT2D eigenvalue weighted by Crippen LogP contribution is -2.28. The van der Waals surface area contributed by atoms with Crippen LogP contribution in [0, 0.1) is 0 Å². The first-order chi connectivity index (χ1) is 12.3. The summed E-state index contributed by atoms with van der Waals surface area (Å²) in [5.74, 6) is 0.456. The molecule has 0 radical (unpaired) electrons. The molecular weight excluding hydrogens is 318 g/mol. The van der Waals surface area contributed by atoms with Gasteiger partial charge in [0.1, 0.15) is 6.10 Å². The van der Waals surface area contributed by atoms with Crippen molar-refractivity contribution in [1.82, 2.24) is 25.8 Å². The fourth-order valence-corrected chi connectivity index (χ4v) is 3.50. The van der Waals surface area contributed by atoms with Crippen LogP contribution in [0.4, 0.5) is 0 Å². The van der Waals surface area contributed by atoms with Gasteiger partial charge in [0.25, 0.3) is 5.91 Å². The highest BCUT2D eigenvalue weighted by Gasteiger charge is 2.22. The van der Waals surface area contributed by atoms with Gasteiger partial charge in [-0.3, -0.25) is 9.89 Å². The Morgan fingerprint density at radius 3 is 3.12 bits per heavy atom. The van der Waals surface area contributed by atoms with Gasteiger partial charge in [-0.2, -0.15) is 5.10 Å². The lowest BCUT2D eigenvalue weighted by atomic mass is 10.1. The van der Waals surface area contributed by atoms with Crippen LogP contribution in [0.15, 0.2) is 18.3 Å². The second kappa shape index (κ2) is 7.23. The number of nitrogens with one attached hydrogen (secondary N) is 3. The Bertz CT molecular complexity index is 752. The minimum atomic E-state index is -0.170. The van der Waals surface area contributed by atoms with Crippen molar-refractivity contribution in [3.05, 3.63) is 40.8 Å². The molecule has 0 spiro atoms. The van der Waals surface area contributed by atoms with E-state index < -0.39 is 0 Å². The van der Waals surface area contributed by atoms with Crippen molar-refractivity contribution in [3.8, 4) is 5.88 Å². The summed E-state index contributed by atoms with van der Waals surface area (Å²) in [5.41, 5.74) is 3.39. The summed E-state index contributed by atoms with van der Waals surface area (Å²) in [6.45, 7) is 1.97. The second-order valence-corrected chi connectivity index (χ2v) is 6.63. The third-order valence-corrected chi connectivity index (χ3v) is 4.89. The Labute approximate surface area is 146 Å². The first kappa shape index (κ1) is 16.1. The number of aromatic nitrogens is 3. The van der Waals surface area contributed by atoms with Crippen LogP contribution >= 0.6 is 0 Å². The number of nitrogens with zero attached hydrogens (tertiary/aromatic N) is 2. The van der Waals surface area contributed by atoms with Gasteiger partial charge in [0, 0.05) is 49.1 Å². The van der Waals surface area contributed by atoms with E-state index in [4.69, 9.17) is 4.74 Å². The monoisotopic (exact) mass is 341 g/mol. The molecule has 1 aliphatic carbocycles. The molecule has 1 aliphatic heterocycles. The highest BCUT2D eigenvalue weighted by atomic mass is 16.5. The van der Waals surface area contributed by atoms with Crippen LogP contribution in [0.5, 0.6) is 5.88 Å². The van der Waals surface area contributed by atoms with Crippen LogP contribution in [0.3, 0.4) is 0 Å². The number of H-pyrrole nitrogens is 1. The van der Waals surface area contributed by atoms with Gasteiger partial charge in [-0.15, -0.1) is 0 Å². The maximum absolute atomic E-state index is 12.5. The minimum absolute atomic E-state index is 0.170. The molecule has 1 amide bonds. The van der Waals surface area contributed by atoms with Gasteiger partial charge in [0.15, 0.2) is 5.69 Å². The van der Waals surface area contributed by atoms with Crippen molar-refractivity contribution in [2.24, 2.45) is 0 Å². The lowest BCUT2D eigenvalue weighted by molar-refractivity contribution is 0.0944. The maximum atomic E-state index is 12.5. The molecule has 4 rings (SSSR count). The summed E-state index contributed by atoms with van der Waals surface area (Å²) in [7, 11) is 0. The molecular formula is C18H23N5O2. The van der Waals surface area contributed by atoms with Crippen molar-refractivity contribution in [2.75, 3.05) is 6.54 Å². The smallest absolute Gasteiger partial charge is 0.272 e. The number of pyridine rings is 1. The van der Waals surface area contributed by atoms with E-state index in [2.05, 4.69) is 25.8 Å². The maximum Gasteiger partial charge on any atom is 0.272 e. The van der Waals surface area contributed by atoms with E-state index in [1.54, 1.807) is 6.20 Å². The molecule has 1 saturated carbocycles. The van der Waals surface area contributed by atoms with E-state index in [1.807, 2.05) is 12.1 Å². The number of hydrogen-bond acceptors (Lipinski definition) is 5. The van der Waals surface area contributed by atoms with E-state index in [9.17, 15) is 4.79 Å². The van der Waals surface area contributed by atoms with Crippen LogP contribution in [0.25, 0.3) is 0 Å². The Kier molecular flexibility index (Phi) is 4.65. The SMILES string of the molecule is O=C(NCc1cccnc1OC1CCCC1)c1n[nH]c2c1CNCC2. The molecule has 0 saturated heterocycles. The van der Waals surface area contributed by atoms with E-state index in [1.165, 1.54) is 12.8 Å². The number of aromatic amines is 1. The van der Waals surface area contributed by atoms with Gasteiger partial charge in [0.05, 0.1) is 0 Å². The fourth-order valence-electron chi connectivity index (χ4n) is 3.50. The molecule has 2 aromatic rings. The number of carbonyl (C=O) groups excluding carboxylic acids is 1. The van der Waals surface area contributed by atoms with Crippen LogP contribution in [0.2, 0.25) is 0 Å². The van der Waals surface area contributed by atoms with E-state index in [0.29, 0.717) is 24.7 Å². The normalized spacial score (nSPS) is 17.3. The van der Waals surface area contributed by atoms with Crippen molar-refractivity contribution in [3.63, 3.8) is 0 Å². The third-order valence-electron chi connectivity index (χ3n) is 4.89. The predicted octanol–water partition coefficient (Wildman–Crippen LogP) is 1.70. The molecule has 0 bridgehead atoms. The van der Waals surface area contributed by atoms with Gasteiger partial charge in [-0.1, -0.05) is 6.07 Å². The molecule has 7 heteroatoms. The first-order valence-corrected chi connectivity index (χ1v) is 8.97. The van der Waals surface area contributed by atoms with Gasteiger partial charge in [-0.25, -0.2) is 4.98 Å². The molecule has 7 nitrogen and oxygen atoms in total. The molecule has 1 fully saturated rings. The van der Waals surface area contributed by atoms with Crippen molar-refractivity contribution < 1.29 is 9.53 Å². The minimum Gasteiger partial charge on any atom is -0.474 e. The van der Waals surface area contributed by atoms with E-state index >= 15 is 0 Å². The van der Waals surface area contributed by atoms with Crippen molar-refractivity contribution >= 4 is 5.91 Å². The lowest BCUT2D eigenvalue weighted by Gasteiger charge is -2.16. The zero-order valence-electron chi connectivity index (χ0n) is 14.2. The summed E-state index contributed by atoms with van der Waals surface area (Å²) in [4.78, 5) is 16.9. The van der Waals surface area contributed by atoms with Gasteiger partial charge >= 0.3 is 0 Å². The zero-order valence-corrected chi connectivity index (χ0v) is 14.2. The second-order valence-electron chi connectivity index (χ2n) is 6.63. The molecule has 25 heavy (non-hydrogen) atoms. The Morgan fingerprint density at radius 2 is 2.24 bits per heavy atom. The Balaban J connectivity index is 1.42. The zero-order chi connectivity index (χ0) is 17.1. The quantitative estimate of drug-likeness (QED) is 0.770. The van der Waals surface area contributed by atoms with Crippen LogP contribution in [0.1, 0.15) is 53.0 Å². The number of hydrogen-bond donors (Lipinski definition) is 3. The molecule has 3 heterocycles. The average Bonchev–Trinajstić information content (AvgIpc) is 3.30. The topological polar surface area (TPSA) is 91.9 Å². The molecule has 2 aromatic heterocycles. The average molecular weight is 341 g/mol. The number of carbonyl (C=O) groups is 1. The Morgan fingerprint density at radius 1 is 1.36 bits per heavy atom. The number of amides is 1. The fraction of sp³-hybridized carbons (Fsp3) is 0.500. The molecule has 3 N–H and O–H groups in total. The van der Waals surface area contributed by atoms with E-state index in [-0.39, 0.29) is 12.0 Å². The third kappa shape index (κ3) is 3.51. The number of fused-ring (bicyclic) bond motifs is 1. The van der Waals surface area contributed by atoms with Crippen molar-refractivity contribution in [2.45, 2.75) is 51.3 Å². The standard InChI is InChI=1S/C18H23N5O2/c24-17(16-14-11-19-9-7-15(14)22-23-16)21-10-12-4-3-8-20-18(12)25-13-5-1-2-6-13/h3-4,8,13,19H,1-2,5-7,9-11H2,(H,21,24)(H,22,23). The van der Waals surface area contributed by atoms with Crippen molar-refractivity contribution in [1.29, 1.82) is 0 Å². The largest absolute Gasteiger partial charge is 0.474 e. The van der Waals surface area contributed by atoms with Gasteiger partial charge in [0.2, 0.25) is 5.88 Å². The van der Waals surface area contributed by atoms with Gasteiger partial charge < -0.3 is 15.4 Å². The molecule has 0 unspecified atom stereocenters. The highest BCUT2D eigenvalue weighted by Crippen LogP contribution is 2.25. The predicted molar refractivity (Wildman–Crippen MR) is 92.3 cm³/mol. The summed E-state index contributed by atoms with van der Waals surface area (Å²) < 4.78 is 6.03. The number of ether oxygens (including phenoxy) is 1. The summed E-state index contributed by atoms with van der Waals surface area (Å²) >= 11 is 0. The molecule has 0 atom stereocenters. The number of rotatable bonds is 5. The van der Waals surface area contributed by atoms with E-state index in [0.717, 1.165) is 42.6 Å². The summed E-state index contributed by atoms with van der Waals surface area (Å²) in [5, 5.41) is 13.4. The van der Waals surface area contributed by atoms with Gasteiger partial charge in [-0.05, 0) is 31.7 Å². The highest BCUT2D eigenvalue weighted by molar-refractivity contribution is 5.94. The molecule has 132 valence electrons. The van der Waals surface area contributed by atoms with Crippen LogP contribution in [-0.4, -0.2) is 33.7 Å².